The Morgan fingerprint density at radius 1 is 1.09 bits per heavy atom. The van der Waals surface area contributed by atoms with E-state index in [1.54, 1.807) is 49.6 Å². The first kappa shape index (κ1) is 19.2. The van der Waals surface area contributed by atoms with Gasteiger partial charge in [-0.1, -0.05) is 0 Å². The Bertz CT molecular complexity index is 1320. The van der Waals surface area contributed by atoms with Crippen LogP contribution in [0.25, 0.3) is 6.08 Å². The summed E-state index contributed by atoms with van der Waals surface area (Å²) in [6.45, 7) is 1.68. The van der Waals surface area contributed by atoms with Crippen LogP contribution >= 0.6 is 11.8 Å². The molecule has 162 valence electrons. The van der Waals surface area contributed by atoms with Crippen molar-refractivity contribution in [2.45, 2.75) is 36.0 Å². The molecule has 9 heteroatoms. The van der Waals surface area contributed by atoms with Gasteiger partial charge in [0.2, 0.25) is 5.91 Å². The van der Waals surface area contributed by atoms with Gasteiger partial charge in [-0.05, 0) is 54.6 Å². The van der Waals surface area contributed by atoms with Crippen molar-refractivity contribution in [3.8, 4) is 5.75 Å². The number of nitrogens with one attached hydrogen (secondary N) is 1. The van der Waals surface area contributed by atoms with E-state index in [0.29, 0.717) is 35.0 Å². The van der Waals surface area contributed by atoms with E-state index in [0.717, 1.165) is 11.8 Å². The molecule has 2 amide bonds. The highest BCUT2D eigenvalue weighted by Gasteiger charge is 2.65. The first-order valence-corrected chi connectivity index (χ1v) is 10.9. The maximum absolute atomic E-state index is 13.4. The number of furan rings is 2. The number of hydrogen-bond donors (Lipinski definition) is 1. The first-order chi connectivity index (χ1) is 15.5. The van der Waals surface area contributed by atoms with E-state index in [4.69, 9.17) is 18.0 Å². The minimum Gasteiger partial charge on any atom is -0.485 e. The number of carbonyl (C=O) groups is 2. The minimum absolute atomic E-state index is 0.278. The molecule has 32 heavy (non-hydrogen) atoms. The predicted octanol–water partition coefficient (Wildman–Crippen LogP) is 3.97. The van der Waals surface area contributed by atoms with Gasteiger partial charge in [-0.25, -0.2) is 4.79 Å². The average Bonchev–Trinajstić information content (AvgIpc) is 3.50. The molecule has 0 radical (unpaired) electrons. The zero-order valence-corrected chi connectivity index (χ0v) is 17.6. The van der Waals surface area contributed by atoms with Crippen molar-refractivity contribution in [1.82, 2.24) is 5.32 Å². The summed E-state index contributed by atoms with van der Waals surface area (Å²) in [4.78, 5) is 38.4. The normalized spacial score (nSPS) is 28.7. The number of amides is 2. The molecule has 2 aliphatic heterocycles. The van der Waals surface area contributed by atoms with E-state index < -0.39 is 39.5 Å². The summed E-state index contributed by atoms with van der Waals surface area (Å²) in [6.07, 6.45) is 4.70. The molecule has 1 saturated carbocycles. The van der Waals surface area contributed by atoms with Gasteiger partial charge in [-0.2, -0.15) is 0 Å². The van der Waals surface area contributed by atoms with E-state index in [1.807, 2.05) is 0 Å². The molecule has 3 aromatic heterocycles. The third kappa shape index (κ3) is 2.60. The van der Waals surface area contributed by atoms with Gasteiger partial charge in [-0.3, -0.25) is 14.9 Å². The number of rotatable bonds is 2. The summed E-state index contributed by atoms with van der Waals surface area (Å²) in [5.74, 6) is 0.385. The monoisotopic (exact) mass is 451 g/mol. The molecule has 5 heterocycles. The van der Waals surface area contributed by atoms with Crippen LogP contribution in [-0.2, 0) is 4.79 Å². The van der Waals surface area contributed by atoms with Crippen LogP contribution < -0.4 is 15.7 Å². The number of thioether (sulfide) groups is 1. The fourth-order valence-corrected chi connectivity index (χ4v) is 6.40. The molecule has 1 saturated heterocycles. The average molecular weight is 451 g/mol. The van der Waals surface area contributed by atoms with E-state index in [2.05, 4.69) is 5.32 Å². The van der Waals surface area contributed by atoms with E-state index in [-0.39, 0.29) is 5.56 Å². The predicted molar refractivity (Wildman–Crippen MR) is 113 cm³/mol. The maximum Gasteiger partial charge on any atom is 0.346 e. The van der Waals surface area contributed by atoms with Crippen molar-refractivity contribution in [3.05, 3.63) is 81.7 Å². The van der Waals surface area contributed by atoms with Crippen LogP contribution in [0.2, 0.25) is 0 Å². The lowest BCUT2D eigenvalue weighted by Crippen LogP contribution is -2.54. The lowest BCUT2D eigenvalue weighted by molar-refractivity contribution is -0.123. The first-order valence-electron chi connectivity index (χ1n) is 10.1. The number of fused-ring (bicyclic) bond motifs is 2. The minimum atomic E-state index is -1.26. The zero-order valence-electron chi connectivity index (χ0n) is 16.8. The van der Waals surface area contributed by atoms with Gasteiger partial charge < -0.3 is 18.0 Å². The van der Waals surface area contributed by atoms with E-state index in [9.17, 15) is 14.4 Å². The van der Waals surface area contributed by atoms with Crippen molar-refractivity contribution in [1.29, 1.82) is 0 Å². The molecule has 0 bridgehead atoms. The van der Waals surface area contributed by atoms with Crippen LogP contribution in [-0.4, -0.2) is 22.0 Å². The maximum atomic E-state index is 13.4. The number of imide groups is 1. The van der Waals surface area contributed by atoms with Crippen LogP contribution in [0.1, 0.15) is 41.1 Å². The van der Waals surface area contributed by atoms with E-state index >= 15 is 0 Å². The van der Waals surface area contributed by atoms with Crippen molar-refractivity contribution in [2.75, 3.05) is 0 Å². The molecule has 1 N–H and O–H groups in total. The molecule has 2 fully saturated rings. The summed E-state index contributed by atoms with van der Waals surface area (Å²) in [7, 11) is 0. The summed E-state index contributed by atoms with van der Waals surface area (Å²) in [5, 5.41) is 2.01. The summed E-state index contributed by atoms with van der Waals surface area (Å²) < 4.78 is 21.8. The highest BCUT2D eigenvalue weighted by molar-refractivity contribution is 8.16. The summed E-state index contributed by atoms with van der Waals surface area (Å²) in [6, 6.07) is 8.72. The molecular weight excluding hydrogens is 434 g/mol. The quantitative estimate of drug-likeness (QED) is 0.623. The van der Waals surface area contributed by atoms with Crippen LogP contribution in [0.5, 0.6) is 5.75 Å². The topological polar surface area (TPSA) is 112 Å². The Morgan fingerprint density at radius 3 is 2.50 bits per heavy atom. The van der Waals surface area contributed by atoms with Gasteiger partial charge in [-0.15, -0.1) is 0 Å². The fourth-order valence-electron chi connectivity index (χ4n) is 5.08. The highest BCUT2D eigenvalue weighted by Crippen LogP contribution is 2.61. The van der Waals surface area contributed by atoms with Crippen LogP contribution in [0.3, 0.4) is 0 Å². The SMILES string of the molecule is Cc1cc2c(c(=O)o1)C=C1[C@H](C[C@@H](c3ccco3)[C@]3(SC(=O)NC3=O)[C@@H]1c1ccco1)O2. The molecule has 0 aromatic carbocycles. The van der Waals surface area contributed by atoms with Gasteiger partial charge in [0.15, 0.2) is 0 Å². The molecular formula is C23H17NO7S. The Balaban J connectivity index is 1.62. The Labute approximate surface area is 185 Å². The van der Waals surface area contributed by atoms with Gasteiger partial charge >= 0.3 is 5.63 Å². The van der Waals surface area contributed by atoms with Gasteiger partial charge in [0, 0.05) is 18.4 Å². The lowest BCUT2D eigenvalue weighted by Gasteiger charge is -2.47. The largest absolute Gasteiger partial charge is 0.485 e. The van der Waals surface area contributed by atoms with Gasteiger partial charge in [0.1, 0.15) is 39.4 Å². The second-order valence-electron chi connectivity index (χ2n) is 8.06. The highest BCUT2D eigenvalue weighted by atomic mass is 32.2. The Kier molecular flexibility index (Phi) is 4.07. The standard InChI is InChI=1S/C23H17NO7S/c1-11-8-17-13(20(25)30-11)9-12-18(31-17)10-14(15-4-2-6-28-15)23(21(26)24-22(27)32-23)19(12)16-5-3-7-29-16/h2-9,14,18-19H,10H2,1H3,(H,24,26,27)/t14-,18-,19-,23-/m0/s1. The molecule has 6 rings (SSSR count). The molecule has 3 aliphatic rings. The van der Waals surface area contributed by atoms with Gasteiger partial charge in [0.25, 0.3) is 5.24 Å². The molecule has 3 aromatic rings. The number of carbonyl (C=O) groups excluding carboxylic acids is 2. The van der Waals surface area contributed by atoms with E-state index in [1.165, 1.54) is 6.26 Å². The third-order valence-corrected chi connectivity index (χ3v) is 7.63. The molecule has 8 nitrogen and oxygen atoms in total. The van der Waals surface area contributed by atoms with Crippen molar-refractivity contribution >= 4 is 29.0 Å². The molecule has 1 spiro atoms. The molecule has 4 atom stereocenters. The van der Waals surface area contributed by atoms with Crippen molar-refractivity contribution < 1.29 is 27.6 Å². The smallest absolute Gasteiger partial charge is 0.346 e. The van der Waals surface area contributed by atoms with Crippen molar-refractivity contribution in [3.63, 3.8) is 0 Å². The number of hydrogen-bond acceptors (Lipinski definition) is 8. The molecule has 1 aliphatic carbocycles. The second kappa shape index (κ2) is 6.77. The van der Waals surface area contributed by atoms with Crippen LogP contribution in [0, 0.1) is 6.92 Å². The Morgan fingerprint density at radius 2 is 1.84 bits per heavy atom. The summed E-state index contributed by atoms with van der Waals surface area (Å²) in [5.41, 5.74) is 0.439. The Hall–Kier alpha value is -3.46. The molecule has 0 unspecified atom stereocenters. The third-order valence-electron chi connectivity index (χ3n) is 6.30. The summed E-state index contributed by atoms with van der Waals surface area (Å²) >= 11 is 0.936. The lowest BCUT2D eigenvalue weighted by atomic mass is 9.64. The number of aryl methyl sites for hydroxylation is 1. The second-order valence-corrected chi connectivity index (χ2v) is 9.31. The zero-order chi connectivity index (χ0) is 22.0. The van der Waals surface area contributed by atoms with Crippen molar-refractivity contribution in [2.24, 2.45) is 0 Å². The van der Waals surface area contributed by atoms with Gasteiger partial charge in [0.05, 0.1) is 18.4 Å². The number of ether oxygens (including phenoxy) is 1. The van der Waals surface area contributed by atoms with Crippen LogP contribution in [0.15, 0.2) is 66.5 Å². The fraction of sp³-hybridized carbons (Fsp3) is 0.261. The van der Waals surface area contributed by atoms with Crippen LogP contribution in [0.4, 0.5) is 4.79 Å².